The van der Waals surface area contributed by atoms with Crippen molar-refractivity contribution in [2.45, 2.75) is 25.1 Å². The zero-order valence-electron chi connectivity index (χ0n) is 10.5. The second kappa shape index (κ2) is 7.04. The highest BCUT2D eigenvalue weighted by atomic mass is 19.4. The molecule has 1 aliphatic heterocycles. The number of carboxylic acids is 1. The number of alkyl halides is 3. The van der Waals surface area contributed by atoms with E-state index in [1.54, 1.807) is 18.6 Å². The van der Waals surface area contributed by atoms with Crippen molar-refractivity contribution >= 4 is 11.8 Å². The molecule has 0 unspecified atom stereocenters. The first-order valence-corrected chi connectivity index (χ1v) is 5.87. The molecular formula is C11H15F3N4O2. The molecule has 1 aromatic rings. The summed E-state index contributed by atoms with van der Waals surface area (Å²) < 4.78 is 31.7. The fourth-order valence-electron chi connectivity index (χ4n) is 1.67. The molecule has 2 rings (SSSR count). The van der Waals surface area contributed by atoms with Gasteiger partial charge < -0.3 is 15.7 Å². The maximum atomic E-state index is 10.6. The number of piperidine rings is 1. The number of nitrogens with two attached hydrogens (primary N) is 1. The molecule has 0 bridgehead atoms. The van der Waals surface area contributed by atoms with Gasteiger partial charge in [-0.1, -0.05) is 0 Å². The van der Waals surface area contributed by atoms with Crippen molar-refractivity contribution in [2.75, 3.05) is 18.0 Å². The lowest BCUT2D eigenvalue weighted by atomic mass is 10.1. The van der Waals surface area contributed by atoms with Gasteiger partial charge in [0.15, 0.2) is 0 Å². The lowest BCUT2D eigenvalue weighted by molar-refractivity contribution is -0.192. The van der Waals surface area contributed by atoms with Crippen LogP contribution < -0.4 is 10.6 Å². The van der Waals surface area contributed by atoms with Crippen LogP contribution >= 0.6 is 0 Å². The number of halogens is 3. The van der Waals surface area contributed by atoms with Gasteiger partial charge in [0.2, 0.25) is 0 Å². The van der Waals surface area contributed by atoms with Gasteiger partial charge in [0.25, 0.3) is 0 Å². The Labute approximate surface area is 113 Å². The number of carbonyl (C=O) groups is 1. The topological polar surface area (TPSA) is 92.3 Å². The minimum Gasteiger partial charge on any atom is -0.475 e. The summed E-state index contributed by atoms with van der Waals surface area (Å²) in [6.45, 7) is 1.95. The third kappa shape index (κ3) is 5.39. The van der Waals surface area contributed by atoms with E-state index in [-0.39, 0.29) is 6.04 Å². The number of carboxylic acid groups (broad SMARTS) is 1. The summed E-state index contributed by atoms with van der Waals surface area (Å²) in [6.07, 6.45) is 2.38. The van der Waals surface area contributed by atoms with Gasteiger partial charge in [0.05, 0.1) is 6.20 Å². The molecule has 0 aliphatic carbocycles. The third-order valence-electron chi connectivity index (χ3n) is 2.57. The van der Waals surface area contributed by atoms with Crippen molar-refractivity contribution in [3.8, 4) is 0 Å². The monoisotopic (exact) mass is 292 g/mol. The molecule has 1 atom stereocenters. The average Bonchev–Trinajstić information content (AvgIpc) is 2.39. The summed E-state index contributed by atoms with van der Waals surface area (Å²) in [5.74, 6) is -1.81. The second-order valence-corrected chi connectivity index (χ2v) is 4.21. The van der Waals surface area contributed by atoms with Crippen LogP contribution in [0.1, 0.15) is 12.8 Å². The Morgan fingerprint density at radius 3 is 2.55 bits per heavy atom. The molecule has 1 saturated heterocycles. The summed E-state index contributed by atoms with van der Waals surface area (Å²) in [4.78, 5) is 19.4. The van der Waals surface area contributed by atoms with E-state index >= 15 is 0 Å². The molecule has 0 aromatic carbocycles. The van der Waals surface area contributed by atoms with Gasteiger partial charge in [0.1, 0.15) is 5.82 Å². The lowest BCUT2D eigenvalue weighted by Crippen LogP contribution is -2.43. The van der Waals surface area contributed by atoms with Crippen LogP contribution in [-0.4, -0.2) is 46.4 Å². The number of aromatic nitrogens is 2. The maximum Gasteiger partial charge on any atom is 0.490 e. The molecular weight excluding hydrogens is 277 g/mol. The van der Waals surface area contributed by atoms with Crippen LogP contribution in [-0.2, 0) is 4.79 Å². The molecule has 0 spiro atoms. The Morgan fingerprint density at radius 1 is 1.45 bits per heavy atom. The van der Waals surface area contributed by atoms with Gasteiger partial charge in [-0.15, -0.1) is 0 Å². The van der Waals surface area contributed by atoms with Crippen molar-refractivity contribution in [1.82, 2.24) is 9.97 Å². The molecule has 0 saturated carbocycles. The number of anilines is 1. The van der Waals surface area contributed by atoms with Gasteiger partial charge in [0, 0.05) is 31.5 Å². The number of hydrogen-bond donors (Lipinski definition) is 2. The largest absolute Gasteiger partial charge is 0.490 e. The summed E-state index contributed by atoms with van der Waals surface area (Å²) >= 11 is 0. The number of aliphatic carboxylic acids is 1. The van der Waals surface area contributed by atoms with E-state index < -0.39 is 12.1 Å². The number of rotatable bonds is 1. The van der Waals surface area contributed by atoms with Gasteiger partial charge in [-0.25, -0.2) is 9.78 Å². The SMILES string of the molecule is N[C@H]1CCCN(c2cnccn2)C1.O=C(O)C(F)(F)F. The number of nitrogens with zero attached hydrogens (tertiary/aromatic N) is 3. The Bertz CT molecular complexity index is 427. The minimum absolute atomic E-state index is 0.288. The predicted octanol–water partition coefficient (Wildman–Crippen LogP) is 1.04. The van der Waals surface area contributed by atoms with Crippen LogP contribution in [0, 0.1) is 0 Å². The van der Waals surface area contributed by atoms with E-state index in [0.29, 0.717) is 0 Å². The highest BCUT2D eigenvalue weighted by molar-refractivity contribution is 5.73. The molecule has 112 valence electrons. The second-order valence-electron chi connectivity index (χ2n) is 4.21. The summed E-state index contributed by atoms with van der Waals surface area (Å²) in [7, 11) is 0. The Balaban J connectivity index is 0.000000246. The zero-order valence-corrected chi connectivity index (χ0v) is 10.5. The maximum absolute atomic E-state index is 10.6. The van der Waals surface area contributed by atoms with Gasteiger partial charge >= 0.3 is 12.1 Å². The molecule has 0 amide bonds. The van der Waals surface area contributed by atoms with Crippen LogP contribution in [0.15, 0.2) is 18.6 Å². The van der Waals surface area contributed by atoms with Crippen molar-refractivity contribution < 1.29 is 23.1 Å². The van der Waals surface area contributed by atoms with E-state index in [2.05, 4.69) is 14.9 Å². The number of hydrogen-bond acceptors (Lipinski definition) is 5. The Morgan fingerprint density at radius 2 is 2.10 bits per heavy atom. The van der Waals surface area contributed by atoms with Crippen molar-refractivity contribution in [3.05, 3.63) is 18.6 Å². The minimum atomic E-state index is -5.08. The lowest BCUT2D eigenvalue weighted by Gasteiger charge is -2.31. The van der Waals surface area contributed by atoms with Gasteiger partial charge in [-0.3, -0.25) is 4.98 Å². The highest BCUT2D eigenvalue weighted by Gasteiger charge is 2.38. The van der Waals surface area contributed by atoms with Gasteiger partial charge in [-0.05, 0) is 12.8 Å². The van der Waals surface area contributed by atoms with Crippen molar-refractivity contribution in [2.24, 2.45) is 5.73 Å². The summed E-state index contributed by atoms with van der Waals surface area (Å²) in [5.41, 5.74) is 5.87. The van der Waals surface area contributed by atoms with Crippen LogP contribution in [0.4, 0.5) is 19.0 Å². The average molecular weight is 292 g/mol. The standard InChI is InChI=1S/C9H14N4.C2HF3O2/c10-8-2-1-5-13(7-8)9-6-11-3-4-12-9;3-2(4,5)1(6)7/h3-4,6,8H,1-2,5,7,10H2;(H,6,7)/t8-;/m0./s1. The van der Waals surface area contributed by atoms with Crippen LogP contribution in [0.3, 0.4) is 0 Å². The Kier molecular flexibility index (Phi) is 5.68. The molecule has 0 radical (unpaired) electrons. The smallest absolute Gasteiger partial charge is 0.475 e. The first kappa shape index (κ1) is 16.2. The third-order valence-corrected chi connectivity index (χ3v) is 2.57. The van der Waals surface area contributed by atoms with E-state index in [4.69, 9.17) is 15.6 Å². The van der Waals surface area contributed by atoms with Crippen LogP contribution in [0.25, 0.3) is 0 Å². The van der Waals surface area contributed by atoms with Crippen molar-refractivity contribution in [3.63, 3.8) is 0 Å². The first-order chi connectivity index (χ1) is 9.30. The molecule has 9 heteroatoms. The molecule has 1 aromatic heterocycles. The van der Waals surface area contributed by atoms with E-state index in [9.17, 15) is 13.2 Å². The summed E-state index contributed by atoms with van der Waals surface area (Å²) in [5, 5.41) is 7.12. The van der Waals surface area contributed by atoms with E-state index in [0.717, 1.165) is 31.7 Å². The van der Waals surface area contributed by atoms with Crippen LogP contribution in [0.5, 0.6) is 0 Å². The molecule has 1 fully saturated rings. The van der Waals surface area contributed by atoms with Crippen LogP contribution in [0.2, 0.25) is 0 Å². The predicted molar refractivity (Wildman–Crippen MR) is 65.1 cm³/mol. The van der Waals surface area contributed by atoms with E-state index in [1.807, 2.05) is 0 Å². The fraction of sp³-hybridized carbons (Fsp3) is 0.545. The molecule has 2 heterocycles. The first-order valence-electron chi connectivity index (χ1n) is 5.87. The molecule has 20 heavy (non-hydrogen) atoms. The summed E-state index contributed by atoms with van der Waals surface area (Å²) in [6, 6.07) is 0.288. The Hall–Kier alpha value is -1.90. The highest BCUT2D eigenvalue weighted by Crippen LogP contribution is 2.15. The molecule has 3 N–H and O–H groups in total. The van der Waals surface area contributed by atoms with Gasteiger partial charge in [-0.2, -0.15) is 13.2 Å². The normalized spacial score (nSPS) is 19.0. The zero-order chi connectivity index (χ0) is 15.2. The molecule has 6 nitrogen and oxygen atoms in total. The van der Waals surface area contributed by atoms with E-state index in [1.165, 1.54) is 0 Å². The molecule has 1 aliphatic rings. The van der Waals surface area contributed by atoms with Crippen molar-refractivity contribution in [1.29, 1.82) is 0 Å². The quantitative estimate of drug-likeness (QED) is 0.803. The fourth-order valence-corrected chi connectivity index (χ4v) is 1.67.